The fourth-order valence-electron chi connectivity index (χ4n) is 3.33. The van der Waals surface area contributed by atoms with Crippen molar-refractivity contribution in [2.24, 2.45) is 0 Å². The lowest BCUT2D eigenvalue weighted by molar-refractivity contribution is 0.102. The first-order valence-electron chi connectivity index (χ1n) is 10.7. The topological polar surface area (TPSA) is 59.1 Å². The summed E-state index contributed by atoms with van der Waals surface area (Å²) in [5.74, 6) is 2.80. The average molecular weight is 539 g/mol. The second kappa shape index (κ2) is 11.2. The van der Waals surface area contributed by atoms with Gasteiger partial charge in [0.25, 0.3) is 0 Å². The molecule has 0 fully saturated rings. The highest BCUT2D eigenvalue weighted by atomic mass is 35.5. The Hall–Kier alpha value is -2.95. The first-order valence-corrected chi connectivity index (χ1v) is 14.1. The summed E-state index contributed by atoms with van der Waals surface area (Å²) in [6, 6.07) is 27.9. The van der Waals surface area contributed by atoms with Gasteiger partial charge in [-0.05, 0) is 11.1 Å². The van der Waals surface area contributed by atoms with E-state index >= 15 is 0 Å². The summed E-state index contributed by atoms with van der Waals surface area (Å²) in [4.78, 5) is 17.4. The highest BCUT2D eigenvalue weighted by Crippen LogP contribution is 2.54. The predicted octanol–water partition coefficient (Wildman–Crippen LogP) is 9.18. The van der Waals surface area contributed by atoms with E-state index in [1.54, 1.807) is 0 Å². The Labute approximate surface area is 218 Å². The molecule has 4 nitrogen and oxygen atoms in total. The Morgan fingerprint density at radius 1 is 0.829 bits per heavy atom. The van der Waals surface area contributed by atoms with Crippen molar-refractivity contribution in [3.63, 3.8) is 0 Å². The second-order valence-corrected chi connectivity index (χ2v) is 11.6. The zero-order valence-electron chi connectivity index (χ0n) is 18.7. The van der Waals surface area contributed by atoms with Crippen molar-refractivity contribution in [3.05, 3.63) is 119 Å². The maximum absolute atomic E-state index is 14.2. The van der Waals surface area contributed by atoms with Crippen LogP contribution in [-0.2, 0) is 4.57 Å². The number of thiazole rings is 1. The van der Waals surface area contributed by atoms with Gasteiger partial charge in [-0.1, -0.05) is 126 Å². The van der Waals surface area contributed by atoms with E-state index in [0.717, 1.165) is 16.9 Å². The molecule has 0 aliphatic carbocycles. The van der Waals surface area contributed by atoms with Crippen LogP contribution in [0, 0.1) is 0 Å². The number of hydrogen-bond donors (Lipinski definition) is 1. The van der Waals surface area contributed by atoms with Crippen LogP contribution in [0.4, 0.5) is 5.13 Å². The highest BCUT2D eigenvalue weighted by Gasteiger charge is 2.24. The molecule has 0 amide bonds. The summed E-state index contributed by atoms with van der Waals surface area (Å²) >= 11 is 14.3. The molecule has 1 heterocycles. The van der Waals surface area contributed by atoms with Crippen molar-refractivity contribution in [1.82, 2.24) is 4.98 Å². The Balaban J connectivity index is 1.79. The van der Waals surface area contributed by atoms with Crippen molar-refractivity contribution in [3.8, 4) is 11.3 Å². The third-order valence-electron chi connectivity index (χ3n) is 4.97. The maximum Gasteiger partial charge on any atom is 0.217 e. The summed E-state index contributed by atoms with van der Waals surface area (Å²) in [5, 5.41) is 3.98. The van der Waals surface area contributed by atoms with Crippen LogP contribution >= 0.6 is 41.8 Å². The van der Waals surface area contributed by atoms with Crippen LogP contribution in [0.5, 0.6) is 0 Å². The Kier molecular flexibility index (Phi) is 8.04. The minimum Gasteiger partial charge on any atom is -0.306 e. The number of carbonyl (C=O) groups excluding carboxylic acids is 1. The number of nitrogens with zero attached hydrogens (tertiary/aromatic N) is 1. The van der Waals surface area contributed by atoms with E-state index in [0.29, 0.717) is 36.9 Å². The molecule has 0 saturated carbocycles. The standard InChI is InChI=1S/C27H21Cl2N2O2PS/c1-19(32)26-25(22-15-9-4-10-16-22)30-27(35-26)31-34(33,17-23(28)20-11-5-2-6-12-20)18-24(29)21-13-7-3-8-14-21/h2-18H,1H3,(H,30,31,33)/b23-17+,24-18?. The van der Waals surface area contributed by atoms with E-state index in [4.69, 9.17) is 23.2 Å². The van der Waals surface area contributed by atoms with Crippen LogP contribution in [0.15, 0.2) is 103 Å². The summed E-state index contributed by atoms with van der Waals surface area (Å²) in [6.07, 6.45) is 0. The lowest BCUT2D eigenvalue weighted by atomic mass is 10.1. The van der Waals surface area contributed by atoms with Crippen molar-refractivity contribution >= 4 is 62.8 Å². The molecule has 4 aromatic rings. The van der Waals surface area contributed by atoms with Gasteiger partial charge < -0.3 is 5.09 Å². The maximum atomic E-state index is 14.2. The predicted molar refractivity (Wildman–Crippen MR) is 149 cm³/mol. The average Bonchev–Trinajstić information content (AvgIpc) is 3.29. The van der Waals surface area contributed by atoms with Crippen LogP contribution in [0.3, 0.4) is 0 Å². The first kappa shape index (κ1) is 25.2. The molecular formula is C27H21Cl2N2O2PS. The normalized spacial score (nSPS) is 13.8. The molecule has 8 heteroatoms. The zero-order chi connectivity index (χ0) is 24.8. The molecule has 0 spiro atoms. The van der Waals surface area contributed by atoms with E-state index in [2.05, 4.69) is 10.1 Å². The molecule has 1 N–H and O–H groups in total. The molecule has 3 aromatic carbocycles. The summed E-state index contributed by atoms with van der Waals surface area (Å²) in [7, 11) is -3.51. The molecule has 1 unspecified atom stereocenters. The number of anilines is 1. The fourth-order valence-corrected chi connectivity index (χ4v) is 7.32. The van der Waals surface area contributed by atoms with E-state index in [1.807, 2.05) is 91.0 Å². The lowest BCUT2D eigenvalue weighted by Gasteiger charge is -2.13. The van der Waals surface area contributed by atoms with Gasteiger partial charge in [-0.2, -0.15) is 0 Å². The number of carbonyl (C=O) groups is 1. The molecule has 0 saturated heterocycles. The van der Waals surface area contributed by atoms with Crippen molar-refractivity contribution in [1.29, 1.82) is 0 Å². The summed E-state index contributed by atoms with van der Waals surface area (Å²) in [5.41, 5.74) is 2.77. The molecule has 1 atom stereocenters. The van der Waals surface area contributed by atoms with Crippen molar-refractivity contribution < 1.29 is 9.36 Å². The first-order chi connectivity index (χ1) is 16.8. The van der Waals surface area contributed by atoms with E-state index in [9.17, 15) is 9.36 Å². The largest absolute Gasteiger partial charge is 0.306 e. The molecule has 35 heavy (non-hydrogen) atoms. The van der Waals surface area contributed by atoms with Crippen LogP contribution in [-0.4, -0.2) is 10.8 Å². The molecule has 1 aromatic heterocycles. The van der Waals surface area contributed by atoms with Gasteiger partial charge in [0, 0.05) is 24.1 Å². The Morgan fingerprint density at radius 2 is 1.29 bits per heavy atom. The molecule has 0 aliphatic heterocycles. The molecule has 176 valence electrons. The minimum absolute atomic E-state index is 0.125. The summed E-state index contributed by atoms with van der Waals surface area (Å²) in [6.45, 7) is 1.49. The Bertz CT molecular complexity index is 1380. The van der Waals surface area contributed by atoms with Crippen LogP contribution in [0.1, 0.15) is 27.7 Å². The highest BCUT2D eigenvalue weighted by molar-refractivity contribution is 7.72. The minimum atomic E-state index is -3.51. The van der Waals surface area contributed by atoms with Gasteiger partial charge in [-0.3, -0.25) is 9.36 Å². The monoisotopic (exact) mass is 538 g/mol. The Morgan fingerprint density at radius 3 is 1.74 bits per heavy atom. The van der Waals surface area contributed by atoms with Crippen LogP contribution < -0.4 is 5.09 Å². The molecule has 0 radical (unpaired) electrons. The number of ketones is 1. The van der Waals surface area contributed by atoms with Gasteiger partial charge in [0.15, 0.2) is 10.9 Å². The van der Waals surface area contributed by atoms with Gasteiger partial charge >= 0.3 is 0 Å². The third-order valence-corrected chi connectivity index (χ3v) is 9.00. The fraction of sp³-hybridized carbons (Fsp3) is 0.0370. The smallest absolute Gasteiger partial charge is 0.217 e. The number of nitrogens with one attached hydrogen (secondary N) is 1. The SMILES string of the molecule is CC(=O)c1sc(NP(=O)(C=C(Cl)c2ccccc2)/C=C(/Cl)c2ccccc2)nc1-c1ccccc1. The summed E-state index contributed by atoms with van der Waals surface area (Å²) < 4.78 is 14.2. The van der Waals surface area contributed by atoms with Crippen molar-refractivity contribution in [2.75, 3.05) is 5.09 Å². The van der Waals surface area contributed by atoms with Crippen molar-refractivity contribution in [2.45, 2.75) is 6.92 Å². The number of aromatic nitrogens is 1. The number of Topliss-reactive ketones (excluding diaryl/α,β-unsaturated/α-hetero) is 1. The van der Waals surface area contributed by atoms with Gasteiger partial charge in [0.05, 0.1) is 20.6 Å². The van der Waals surface area contributed by atoms with Gasteiger partial charge in [-0.15, -0.1) is 0 Å². The van der Waals surface area contributed by atoms with E-state index in [-0.39, 0.29) is 5.78 Å². The number of hydrogen-bond acceptors (Lipinski definition) is 4. The van der Waals surface area contributed by atoms with Gasteiger partial charge in [0.1, 0.15) is 0 Å². The van der Waals surface area contributed by atoms with E-state index < -0.39 is 7.29 Å². The number of halogens is 2. The molecule has 4 rings (SSSR count). The molecule has 0 bridgehead atoms. The zero-order valence-corrected chi connectivity index (χ0v) is 21.9. The number of rotatable bonds is 8. The quantitative estimate of drug-likeness (QED) is 0.179. The number of benzene rings is 3. The van der Waals surface area contributed by atoms with Gasteiger partial charge in [-0.25, -0.2) is 4.98 Å². The third kappa shape index (κ3) is 6.39. The molecular weight excluding hydrogens is 518 g/mol. The lowest BCUT2D eigenvalue weighted by Crippen LogP contribution is -1.94. The molecule has 0 aliphatic rings. The second-order valence-electron chi connectivity index (χ2n) is 7.63. The van der Waals surface area contributed by atoms with Crippen LogP contribution in [0.2, 0.25) is 0 Å². The van der Waals surface area contributed by atoms with Gasteiger partial charge in [0.2, 0.25) is 7.29 Å². The van der Waals surface area contributed by atoms with E-state index in [1.165, 1.54) is 18.6 Å². The van der Waals surface area contributed by atoms with Crippen LogP contribution in [0.25, 0.3) is 21.3 Å².